The van der Waals surface area contributed by atoms with E-state index in [2.05, 4.69) is 50.2 Å². The van der Waals surface area contributed by atoms with E-state index in [4.69, 9.17) is 14.2 Å². The van der Waals surface area contributed by atoms with Crippen molar-refractivity contribution >= 4 is 0 Å². The molecule has 0 unspecified atom stereocenters. The molecule has 1 aliphatic carbocycles. The van der Waals surface area contributed by atoms with Crippen molar-refractivity contribution in [3.05, 3.63) is 119 Å². The minimum atomic E-state index is -0.957. The molecule has 4 aliphatic rings. The van der Waals surface area contributed by atoms with Gasteiger partial charge in [-0.05, 0) is 31.2 Å². The second-order valence-corrected chi connectivity index (χ2v) is 11.0. The Labute approximate surface area is 210 Å². The van der Waals surface area contributed by atoms with Crippen LogP contribution in [0.4, 0.5) is 0 Å². The smallest absolute Gasteiger partial charge is 0.158 e. The van der Waals surface area contributed by atoms with E-state index < -0.39 is 22.2 Å². The maximum Gasteiger partial charge on any atom is 0.158 e. The molecule has 178 valence electrons. The van der Waals surface area contributed by atoms with Gasteiger partial charge in [0.15, 0.2) is 5.60 Å². The fraction of sp³-hybridized carbons (Fsp3) is 0.250. The van der Waals surface area contributed by atoms with Gasteiger partial charge in [0.1, 0.15) is 34.2 Å². The highest BCUT2D eigenvalue weighted by molar-refractivity contribution is 5.62. The molecule has 1 spiro atoms. The lowest BCUT2D eigenvalue weighted by Gasteiger charge is -2.58. The van der Waals surface area contributed by atoms with Crippen molar-refractivity contribution < 1.29 is 19.3 Å². The van der Waals surface area contributed by atoms with E-state index in [-0.39, 0.29) is 11.7 Å². The Morgan fingerprint density at radius 2 is 1.14 bits per heavy atom. The summed E-state index contributed by atoms with van der Waals surface area (Å²) < 4.78 is 21.5. The third-order valence-corrected chi connectivity index (χ3v) is 9.30. The van der Waals surface area contributed by atoms with Gasteiger partial charge >= 0.3 is 0 Å². The summed E-state index contributed by atoms with van der Waals surface area (Å²) in [5.41, 5.74) is 0.916. The minimum Gasteiger partial charge on any atom is -0.508 e. The zero-order chi connectivity index (χ0) is 24.3. The molecule has 36 heavy (non-hydrogen) atoms. The van der Waals surface area contributed by atoms with Crippen molar-refractivity contribution in [3.63, 3.8) is 0 Å². The quantitative estimate of drug-likeness (QED) is 0.340. The van der Waals surface area contributed by atoms with Crippen molar-refractivity contribution in [3.8, 4) is 23.0 Å². The first-order chi connectivity index (χ1) is 17.4. The summed E-state index contributed by atoms with van der Waals surface area (Å²) in [5, 5.41) is 11.4. The number of ether oxygens (including phenoxy) is 3. The minimum absolute atomic E-state index is 0.222. The number of hydrogen-bond acceptors (Lipinski definition) is 4. The van der Waals surface area contributed by atoms with Crippen LogP contribution in [0.2, 0.25) is 0 Å². The standard InChI is InChI=1S/C32H26O4/c1-29-19-31(35-25-16-8-4-12-21(25)29)23-14-6-10-18-27(23)34-30(2)22-13-5-9-17-26(22)36-32(29,28(30)31)20-11-3-7-15-24(20)33/h3-18,28,33H,19H2,1-2H3/t28-,29-,30+,31+,32-/m1/s1. The monoisotopic (exact) mass is 474 g/mol. The first kappa shape index (κ1) is 20.3. The molecule has 0 radical (unpaired) electrons. The summed E-state index contributed by atoms with van der Waals surface area (Å²) in [6.45, 7) is 4.45. The molecule has 0 amide bonds. The van der Waals surface area contributed by atoms with Gasteiger partial charge in [0.25, 0.3) is 0 Å². The maximum absolute atomic E-state index is 11.4. The molecule has 8 rings (SSSR count). The van der Waals surface area contributed by atoms with E-state index in [0.717, 1.165) is 39.5 Å². The molecule has 4 nitrogen and oxygen atoms in total. The molecule has 5 atom stereocenters. The van der Waals surface area contributed by atoms with Gasteiger partial charge in [-0.15, -0.1) is 0 Å². The van der Waals surface area contributed by atoms with Crippen molar-refractivity contribution in [2.75, 3.05) is 0 Å². The van der Waals surface area contributed by atoms with Gasteiger partial charge in [-0.3, -0.25) is 0 Å². The molecule has 3 aliphatic heterocycles. The molecular weight excluding hydrogens is 448 g/mol. The molecule has 3 heterocycles. The van der Waals surface area contributed by atoms with Gasteiger partial charge in [0.2, 0.25) is 0 Å². The van der Waals surface area contributed by atoms with E-state index in [1.54, 1.807) is 6.07 Å². The summed E-state index contributed by atoms with van der Waals surface area (Å²) >= 11 is 0. The van der Waals surface area contributed by atoms with Crippen LogP contribution < -0.4 is 14.2 Å². The number of benzene rings is 4. The Kier molecular flexibility index (Phi) is 3.52. The molecule has 1 N–H and O–H groups in total. The Bertz CT molecular complexity index is 1580. The predicted molar refractivity (Wildman–Crippen MR) is 135 cm³/mol. The summed E-state index contributed by atoms with van der Waals surface area (Å²) in [7, 11) is 0. The Hall–Kier alpha value is -3.92. The number of para-hydroxylation sites is 4. The van der Waals surface area contributed by atoms with Crippen LogP contribution in [-0.4, -0.2) is 5.11 Å². The average Bonchev–Trinajstić information content (AvgIpc) is 3.08. The van der Waals surface area contributed by atoms with Crippen LogP contribution in [0.3, 0.4) is 0 Å². The average molecular weight is 475 g/mol. The number of rotatable bonds is 1. The van der Waals surface area contributed by atoms with Crippen LogP contribution in [0.5, 0.6) is 23.0 Å². The summed E-state index contributed by atoms with van der Waals surface area (Å²) in [4.78, 5) is 0. The molecule has 1 fully saturated rings. The number of fused-ring (bicyclic) bond motifs is 7. The number of aromatic hydroxyl groups is 1. The first-order valence-electron chi connectivity index (χ1n) is 12.6. The van der Waals surface area contributed by atoms with Gasteiger partial charge in [0.05, 0.1) is 5.92 Å². The van der Waals surface area contributed by atoms with Gasteiger partial charge in [0, 0.05) is 34.1 Å². The molecule has 0 saturated heterocycles. The molecule has 0 aromatic heterocycles. The largest absolute Gasteiger partial charge is 0.508 e. The molecule has 4 aromatic rings. The van der Waals surface area contributed by atoms with Crippen LogP contribution in [0.1, 0.15) is 42.5 Å². The SMILES string of the molecule is C[C@]12Oc3ccccc3[C@]34C[C@](C)(c5ccccc5O3)[C@](c3ccccc3O)(Oc3ccccc31)[C@H]24. The Balaban J connectivity index is 1.59. The van der Waals surface area contributed by atoms with Crippen LogP contribution >= 0.6 is 0 Å². The van der Waals surface area contributed by atoms with Crippen LogP contribution in [-0.2, 0) is 22.2 Å². The highest BCUT2D eigenvalue weighted by Gasteiger charge is 2.83. The van der Waals surface area contributed by atoms with Gasteiger partial charge < -0.3 is 19.3 Å². The van der Waals surface area contributed by atoms with Crippen molar-refractivity contribution in [1.82, 2.24) is 0 Å². The van der Waals surface area contributed by atoms with Gasteiger partial charge in [-0.1, -0.05) is 79.7 Å². The first-order valence-corrected chi connectivity index (χ1v) is 12.6. The lowest BCUT2D eigenvalue weighted by Crippen LogP contribution is -2.64. The molecule has 1 saturated carbocycles. The predicted octanol–water partition coefficient (Wildman–Crippen LogP) is 6.55. The van der Waals surface area contributed by atoms with Gasteiger partial charge in [-0.2, -0.15) is 0 Å². The normalized spacial score (nSPS) is 34.1. The van der Waals surface area contributed by atoms with Crippen LogP contribution in [0.15, 0.2) is 97.1 Å². The Morgan fingerprint density at radius 3 is 1.83 bits per heavy atom. The number of phenolic OH excluding ortho intramolecular Hbond substituents is 1. The van der Waals surface area contributed by atoms with E-state index in [9.17, 15) is 5.11 Å². The highest BCUT2D eigenvalue weighted by Crippen LogP contribution is 2.78. The second-order valence-electron chi connectivity index (χ2n) is 11.0. The lowest BCUT2D eigenvalue weighted by molar-refractivity contribution is -0.184. The summed E-state index contributed by atoms with van der Waals surface area (Å²) in [5.74, 6) is 2.41. The van der Waals surface area contributed by atoms with Gasteiger partial charge in [-0.25, -0.2) is 0 Å². The highest BCUT2D eigenvalue weighted by atomic mass is 16.6. The third-order valence-electron chi connectivity index (χ3n) is 9.30. The lowest BCUT2D eigenvalue weighted by atomic mass is 9.58. The van der Waals surface area contributed by atoms with E-state index in [0.29, 0.717) is 6.42 Å². The summed E-state index contributed by atoms with van der Waals surface area (Å²) in [6, 6.07) is 32.3. The van der Waals surface area contributed by atoms with E-state index in [1.165, 1.54) is 0 Å². The molecule has 4 aromatic carbocycles. The van der Waals surface area contributed by atoms with Crippen molar-refractivity contribution in [2.24, 2.45) is 5.92 Å². The second kappa shape index (κ2) is 6.25. The van der Waals surface area contributed by atoms with Crippen molar-refractivity contribution in [2.45, 2.75) is 42.5 Å². The van der Waals surface area contributed by atoms with E-state index in [1.807, 2.05) is 54.6 Å². The van der Waals surface area contributed by atoms with Crippen LogP contribution in [0.25, 0.3) is 0 Å². The fourth-order valence-electron chi connectivity index (χ4n) is 8.15. The molecule has 4 heteroatoms. The summed E-state index contributed by atoms with van der Waals surface area (Å²) in [6.07, 6.45) is 0.694. The van der Waals surface area contributed by atoms with Crippen molar-refractivity contribution in [1.29, 1.82) is 0 Å². The van der Waals surface area contributed by atoms with E-state index >= 15 is 0 Å². The molecule has 2 bridgehead atoms. The zero-order valence-electron chi connectivity index (χ0n) is 20.2. The Morgan fingerprint density at radius 1 is 0.611 bits per heavy atom. The topological polar surface area (TPSA) is 47.9 Å². The third kappa shape index (κ3) is 2.02. The number of hydrogen-bond donors (Lipinski definition) is 1. The molecular formula is C32H26O4. The number of phenols is 1. The zero-order valence-corrected chi connectivity index (χ0v) is 20.2. The maximum atomic E-state index is 11.4. The van der Waals surface area contributed by atoms with Crippen LogP contribution in [0, 0.1) is 5.92 Å². The fourth-order valence-corrected chi connectivity index (χ4v) is 8.15.